The molecule has 1 aliphatic rings. The first-order chi connectivity index (χ1) is 11.6. The summed E-state index contributed by atoms with van der Waals surface area (Å²) in [5, 5.41) is 2.43. The molecule has 0 atom stereocenters. The van der Waals surface area contributed by atoms with E-state index < -0.39 is 21.8 Å². The predicted molar refractivity (Wildman–Crippen MR) is 87.7 cm³/mol. The molecule has 0 spiro atoms. The number of nitrogens with zero attached hydrogens (tertiary/aromatic N) is 2. The Morgan fingerprint density at radius 1 is 1.20 bits per heavy atom. The van der Waals surface area contributed by atoms with E-state index in [1.54, 1.807) is 11.0 Å². The number of anilines is 1. The minimum Gasteiger partial charge on any atom is -0.369 e. The summed E-state index contributed by atoms with van der Waals surface area (Å²) in [5.74, 6) is -0.500. The van der Waals surface area contributed by atoms with E-state index in [-0.39, 0.29) is 31.3 Å². The molecule has 1 N–H and O–H groups in total. The van der Waals surface area contributed by atoms with Crippen LogP contribution in [0.3, 0.4) is 0 Å². The summed E-state index contributed by atoms with van der Waals surface area (Å²) >= 11 is 0. The van der Waals surface area contributed by atoms with Gasteiger partial charge in [-0.25, -0.2) is 8.42 Å². The zero-order valence-corrected chi connectivity index (χ0v) is 14.5. The highest BCUT2D eigenvalue weighted by Crippen LogP contribution is 2.31. The van der Waals surface area contributed by atoms with E-state index in [1.165, 1.54) is 17.3 Å². The van der Waals surface area contributed by atoms with E-state index >= 15 is 0 Å². The number of halogens is 3. The Labute approximate surface area is 144 Å². The number of hydrogen-bond donors (Lipinski definition) is 1. The molecule has 0 aromatic heterocycles. The molecule has 25 heavy (non-hydrogen) atoms. The summed E-state index contributed by atoms with van der Waals surface area (Å²) in [4.78, 5) is 12.5. The van der Waals surface area contributed by atoms with Gasteiger partial charge in [0.05, 0.1) is 11.3 Å². The van der Waals surface area contributed by atoms with Crippen molar-refractivity contribution in [2.45, 2.75) is 13.1 Å². The lowest BCUT2D eigenvalue weighted by atomic mass is 10.1. The van der Waals surface area contributed by atoms with Gasteiger partial charge in [0.1, 0.15) is 0 Å². The smallest absolute Gasteiger partial charge is 0.369 e. The van der Waals surface area contributed by atoms with Crippen molar-refractivity contribution in [2.75, 3.05) is 43.4 Å². The lowest BCUT2D eigenvalue weighted by molar-refractivity contribution is -0.137. The standard InChI is InChI=1S/C15H20F3N3O3S/c1-12(22)19-5-10-25(23,24)21-8-6-20(7-9-21)14-4-2-3-13(11-14)15(16,17)18/h2-4,11H,5-10H2,1H3,(H,19,22). The van der Waals surface area contributed by atoms with Crippen LogP contribution in [0.25, 0.3) is 0 Å². The third-order valence-corrected chi connectivity index (χ3v) is 5.78. The van der Waals surface area contributed by atoms with Gasteiger partial charge in [0.15, 0.2) is 0 Å². The van der Waals surface area contributed by atoms with Crippen LogP contribution in [-0.2, 0) is 21.0 Å². The number of piperazine rings is 1. The van der Waals surface area contributed by atoms with Gasteiger partial charge in [-0.2, -0.15) is 17.5 Å². The molecular formula is C15H20F3N3O3S. The molecule has 1 aliphatic heterocycles. The van der Waals surface area contributed by atoms with Gasteiger partial charge < -0.3 is 10.2 Å². The number of carbonyl (C=O) groups excluding carboxylic acids is 1. The number of amides is 1. The third kappa shape index (κ3) is 5.33. The quantitative estimate of drug-likeness (QED) is 0.837. The van der Waals surface area contributed by atoms with Crippen LogP contribution < -0.4 is 10.2 Å². The molecule has 1 aromatic carbocycles. The normalized spacial score (nSPS) is 16.7. The van der Waals surface area contributed by atoms with Gasteiger partial charge in [-0.1, -0.05) is 6.07 Å². The minimum atomic E-state index is -4.41. The molecule has 1 aromatic rings. The second-order valence-corrected chi connectivity index (χ2v) is 7.82. The number of sulfonamides is 1. The molecule has 140 valence electrons. The van der Waals surface area contributed by atoms with Gasteiger partial charge in [-0.15, -0.1) is 0 Å². The summed E-state index contributed by atoms with van der Waals surface area (Å²) in [6, 6.07) is 5.00. The van der Waals surface area contributed by atoms with Crippen LogP contribution in [-0.4, -0.2) is 57.1 Å². The Morgan fingerprint density at radius 3 is 2.40 bits per heavy atom. The number of alkyl halides is 3. The molecule has 1 heterocycles. The molecule has 10 heteroatoms. The Balaban J connectivity index is 1.96. The van der Waals surface area contributed by atoms with Gasteiger partial charge in [-0.05, 0) is 18.2 Å². The number of hydrogen-bond acceptors (Lipinski definition) is 4. The van der Waals surface area contributed by atoms with E-state index in [4.69, 9.17) is 0 Å². The van der Waals surface area contributed by atoms with Crippen LogP contribution in [0.4, 0.5) is 18.9 Å². The molecular weight excluding hydrogens is 359 g/mol. The van der Waals surface area contributed by atoms with E-state index in [0.29, 0.717) is 18.8 Å². The average molecular weight is 379 g/mol. The van der Waals surface area contributed by atoms with Crippen LogP contribution in [0.5, 0.6) is 0 Å². The summed E-state index contributed by atoms with van der Waals surface area (Å²) in [7, 11) is -3.50. The Morgan fingerprint density at radius 2 is 1.84 bits per heavy atom. The summed E-state index contributed by atoms with van der Waals surface area (Å²) < 4.78 is 64.1. The highest BCUT2D eigenvalue weighted by molar-refractivity contribution is 7.89. The molecule has 6 nitrogen and oxygen atoms in total. The van der Waals surface area contributed by atoms with Crippen molar-refractivity contribution in [1.29, 1.82) is 0 Å². The first-order valence-electron chi connectivity index (χ1n) is 7.74. The SMILES string of the molecule is CC(=O)NCCS(=O)(=O)N1CCN(c2cccc(C(F)(F)F)c2)CC1. The van der Waals surface area contributed by atoms with E-state index in [2.05, 4.69) is 5.32 Å². The first-order valence-corrected chi connectivity index (χ1v) is 9.35. The van der Waals surface area contributed by atoms with Crippen LogP contribution in [0, 0.1) is 0 Å². The van der Waals surface area contributed by atoms with Crippen LogP contribution >= 0.6 is 0 Å². The van der Waals surface area contributed by atoms with Gasteiger partial charge in [-0.3, -0.25) is 4.79 Å². The average Bonchev–Trinajstić information content (AvgIpc) is 2.54. The fourth-order valence-electron chi connectivity index (χ4n) is 2.59. The zero-order valence-electron chi connectivity index (χ0n) is 13.7. The zero-order chi connectivity index (χ0) is 18.7. The third-order valence-electron chi connectivity index (χ3n) is 3.90. The van der Waals surface area contributed by atoms with Gasteiger partial charge in [0, 0.05) is 45.3 Å². The number of carbonyl (C=O) groups is 1. The van der Waals surface area contributed by atoms with E-state index in [0.717, 1.165) is 12.1 Å². The Bertz CT molecular complexity index is 714. The maximum atomic E-state index is 12.8. The monoisotopic (exact) mass is 379 g/mol. The predicted octanol–water partition coefficient (Wildman–Crippen LogP) is 1.29. The Kier molecular flexibility index (Phi) is 5.94. The van der Waals surface area contributed by atoms with Crippen molar-refractivity contribution >= 4 is 21.6 Å². The van der Waals surface area contributed by atoms with Crippen molar-refractivity contribution in [3.05, 3.63) is 29.8 Å². The molecule has 1 fully saturated rings. The maximum absolute atomic E-state index is 12.8. The van der Waals surface area contributed by atoms with Crippen LogP contribution in [0.2, 0.25) is 0 Å². The highest BCUT2D eigenvalue weighted by atomic mass is 32.2. The van der Waals surface area contributed by atoms with Crippen LogP contribution in [0.15, 0.2) is 24.3 Å². The van der Waals surface area contributed by atoms with E-state index in [9.17, 15) is 26.4 Å². The number of rotatable bonds is 5. The maximum Gasteiger partial charge on any atom is 0.416 e. The summed E-state index contributed by atoms with van der Waals surface area (Å²) in [6.45, 7) is 2.34. The molecule has 0 unspecified atom stereocenters. The van der Waals surface area contributed by atoms with Crippen molar-refractivity contribution in [3.63, 3.8) is 0 Å². The van der Waals surface area contributed by atoms with Gasteiger partial charge >= 0.3 is 6.18 Å². The minimum absolute atomic E-state index is 0.0332. The molecule has 1 saturated heterocycles. The van der Waals surface area contributed by atoms with Crippen molar-refractivity contribution in [1.82, 2.24) is 9.62 Å². The molecule has 2 rings (SSSR count). The van der Waals surface area contributed by atoms with Crippen LogP contribution in [0.1, 0.15) is 12.5 Å². The van der Waals surface area contributed by atoms with Gasteiger partial charge in [0.2, 0.25) is 15.9 Å². The fourth-order valence-corrected chi connectivity index (χ4v) is 3.93. The topological polar surface area (TPSA) is 69.7 Å². The second-order valence-electron chi connectivity index (χ2n) is 5.73. The fraction of sp³-hybridized carbons (Fsp3) is 0.533. The number of nitrogens with one attached hydrogen (secondary N) is 1. The summed E-state index contributed by atoms with van der Waals surface area (Å²) in [5.41, 5.74) is -0.305. The summed E-state index contributed by atoms with van der Waals surface area (Å²) in [6.07, 6.45) is -4.41. The van der Waals surface area contributed by atoms with Crippen molar-refractivity contribution in [3.8, 4) is 0 Å². The second kappa shape index (κ2) is 7.61. The molecule has 0 radical (unpaired) electrons. The van der Waals surface area contributed by atoms with Crippen molar-refractivity contribution in [2.24, 2.45) is 0 Å². The molecule has 0 aliphatic carbocycles. The number of benzene rings is 1. The lowest BCUT2D eigenvalue weighted by Gasteiger charge is -2.35. The van der Waals surface area contributed by atoms with E-state index in [1.807, 2.05) is 0 Å². The van der Waals surface area contributed by atoms with Gasteiger partial charge in [0.25, 0.3) is 0 Å². The van der Waals surface area contributed by atoms with Crippen molar-refractivity contribution < 1.29 is 26.4 Å². The largest absolute Gasteiger partial charge is 0.416 e. The molecule has 0 saturated carbocycles. The molecule has 0 bridgehead atoms. The lowest BCUT2D eigenvalue weighted by Crippen LogP contribution is -2.50. The molecule has 1 amide bonds. The highest BCUT2D eigenvalue weighted by Gasteiger charge is 2.32. The first kappa shape index (κ1) is 19.5. The Hall–Kier alpha value is -1.81.